The number of nitrogens with zero attached hydrogens (tertiary/aromatic N) is 1. The lowest BCUT2D eigenvalue weighted by Crippen LogP contribution is -2.27. The highest BCUT2D eigenvalue weighted by Crippen LogP contribution is 2.21. The first kappa shape index (κ1) is 15.6. The van der Waals surface area contributed by atoms with Gasteiger partial charge in [0.15, 0.2) is 0 Å². The average molecular weight is 313 g/mol. The Morgan fingerprint density at radius 3 is 2.76 bits per heavy atom. The van der Waals surface area contributed by atoms with Gasteiger partial charge in [0.25, 0.3) is 0 Å². The summed E-state index contributed by atoms with van der Waals surface area (Å²) in [7, 11) is -3.83. The molecule has 2 aromatic rings. The Hall–Kier alpha value is -1.77. The van der Waals surface area contributed by atoms with Gasteiger partial charge in [0.05, 0.1) is 17.7 Å². The van der Waals surface area contributed by atoms with Crippen LogP contribution >= 0.6 is 0 Å². The van der Waals surface area contributed by atoms with E-state index in [1.165, 1.54) is 19.2 Å². The van der Waals surface area contributed by atoms with Crippen LogP contribution in [-0.4, -0.2) is 23.7 Å². The summed E-state index contributed by atoms with van der Waals surface area (Å²) in [6.45, 7) is 2.56. The molecule has 1 unspecified atom stereocenters. The molecule has 0 aliphatic carbocycles. The van der Waals surface area contributed by atoms with Crippen molar-refractivity contribution in [2.75, 3.05) is 0 Å². The summed E-state index contributed by atoms with van der Waals surface area (Å²) < 4.78 is 40.8. The summed E-state index contributed by atoms with van der Waals surface area (Å²) >= 11 is 0. The smallest absolute Gasteiger partial charge is 0.241 e. The van der Waals surface area contributed by atoms with Gasteiger partial charge in [-0.1, -0.05) is 0 Å². The van der Waals surface area contributed by atoms with E-state index >= 15 is 0 Å². The summed E-state index contributed by atoms with van der Waals surface area (Å²) in [6, 6.07) is 1.88. The van der Waals surface area contributed by atoms with Gasteiger partial charge >= 0.3 is 0 Å². The molecule has 21 heavy (non-hydrogen) atoms. The molecule has 1 aromatic heterocycles. The highest BCUT2D eigenvalue weighted by molar-refractivity contribution is 7.89. The van der Waals surface area contributed by atoms with E-state index in [1.807, 2.05) is 0 Å². The summed E-state index contributed by atoms with van der Waals surface area (Å²) in [5.74, 6) is -0.598. The van der Waals surface area contributed by atoms with Crippen LogP contribution in [0.4, 0.5) is 4.39 Å². The maximum absolute atomic E-state index is 13.7. The first-order valence-corrected chi connectivity index (χ1v) is 7.74. The molecular weight excluding hydrogens is 297 g/mol. The second-order valence-electron chi connectivity index (χ2n) is 4.75. The number of hydrogen-bond acceptors (Lipinski definition) is 4. The summed E-state index contributed by atoms with van der Waals surface area (Å²) in [4.78, 5) is -0.0826. The molecule has 0 aliphatic rings. The fourth-order valence-electron chi connectivity index (χ4n) is 1.94. The molecule has 0 amide bonds. The lowest BCUT2D eigenvalue weighted by Gasteiger charge is -2.14. The predicted octanol–water partition coefficient (Wildman–Crippen LogP) is 1.39. The molecule has 0 aliphatic heterocycles. The van der Waals surface area contributed by atoms with E-state index in [1.54, 1.807) is 13.1 Å². The van der Waals surface area contributed by atoms with Crippen molar-refractivity contribution in [3.8, 4) is 0 Å². The van der Waals surface area contributed by atoms with Crippen molar-refractivity contribution in [2.24, 2.45) is 0 Å². The minimum absolute atomic E-state index is 0.0497. The first-order valence-electron chi connectivity index (χ1n) is 6.26. The topological polar surface area (TPSA) is 95.1 Å². The number of aliphatic hydroxyl groups excluding tert-OH is 1. The van der Waals surface area contributed by atoms with Crippen molar-refractivity contribution in [3.63, 3.8) is 0 Å². The molecule has 114 valence electrons. The van der Waals surface area contributed by atoms with E-state index in [0.717, 1.165) is 6.07 Å². The zero-order valence-electron chi connectivity index (χ0n) is 11.6. The normalized spacial score (nSPS) is 13.3. The molecule has 0 saturated carbocycles. The summed E-state index contributed by atoms with van der Waals surface area (Å²) in [5.41, 5.74) is 0.795. The van der Waals surface area contributed by atoms with Crippen LogP contribution in [0.1, 0.15) is 29.7 Å². The number of aliphatic hydroxyl groups is 1. The first-order chi connectivity index (χ1) is 9.85. The Balaban J connectivity index is 2.34. The highest BCUT2D eigenvalue weighted by atomic mass is 32.2. The van der Waals surface area contributed by atoms with Crippen molar-refractivity contribution in [1.82, 2.24) is 14.9 Å². The van der Waals surface area contributed by atoms with E-state index in [-0.39, 0.29) is 16.0 Å². The fraction of sp³-hybridized carbons (Fsp3) is 0.308. The number of rotatable bonds is 5. The molecule has 0 spiro atoms. The van der Waals surface area contributed by atoms with Crippen molar-refractivity contribution in [1.29, 1.82) is 0 Å². The number of nitrogens with one attached hydrogen (secondary N) is 2. The number of H-pyrrole nitrogens is 1. The third kappa shape index (κ3) is 3.29. The van der Waals surface area contributed by atoms with E-state index in [9.17, 15) is 12.8 Å². The number of hydrogen-bond donors (Lipinski definition) is 3. The van der Waals surface area contributed by atoms with E-state index in [0.29, 0.717) is 5.56 Å². The van der Waals surface area contributed by atoms with Crippen LogP contribution in [0.2, 0.25) is 0 Å². The largest absolute Gasteiger partial charge is 0.392 e. The zero-order chi connectivity index (χ0) is 15.6. The van der Waals surface area contributed by atoms with Gasteiger partial charge in [0.1, 0.15) is 5.82 Å². The molecule has 1 atom stereocenters. The maximum atomic E-state index is 13.7. The van der Waals surface area contributed by atoms with Crippen molar-refractivity contribution < 1.29 is 17.9 Å². The minimum Gasteiger partial charge on any atom is -0.392 e. The van der Waals surface area contributed by atoms with Crippen LogP contribution in [0.25, 0.3) is 0 Å². The molecule has 0 bridgehead atoms. The molecule has 1 heterocycles. The van der Waals surface area contributed by atoms with Gasteiger partial charge in [-0.3, -0.25) is 5.10 Å². The number of benzene rings is 1. The zero-order valence-corrected chi connectivity index (χ0v) is 12.4. The lowest BCUT2D eigenvalue weighted by atomic mass is 10.1. The number of halogens is 1. The molecule has 8 heteroatoms. The monoisotopic (exact) mass is 313 g/mol. The third-order valence-corrected chi connectivity index (χ3v) is 4.66. The average Bonchev–Trinajstić information content (AvgIpc) is 2.95. The molecule has 6 nitrogen and oxygen atoms in total. The quantitative estimate of drug-likeness (QED) is 0.777. The maximum Gasteiger partial charge on any atom is 0.241 e. The molecule has 2 rings (SSSR count). The Labute approximate surface area is 122 Å². The minimum atomic E-state index is -3.83. The standard InChI is InChI=1S/C13H16FN3O3S/c1-8-3-12(4-10(7-18)13(8)14)21(19,20)17-9(2)11-5-15-16-6-11/h3-6,9,17-18H,7H2,1-2H3,(H,15,16). The van der Waals surface area contributed by atoms with Gasteiger partial charge in [-0.2, -0.15) is 5.10 Å². The number of aromatic amines is 1. The van der Waals surface area contributed by atoms with Gasteiger partial charge in [0.2, 0.25) is 10.0 Å². The van der Waals surface area contributed by atoms with Crippen LogP contribution in [-0.2, 0) is 16.6 Å². The summed E-state index contributed by atoms with van der Waals surface area (Å²) in [5, 5.41) is 15.5. The van der Waals surface area contributed by atoms with Crippen molar-refractivity contribution in [3.05, 3.63) is 47.0 Å². The van der Waals surface area contributed by atoms with Gasteiger partial charge < -0.3 is 5.11 Å². The lowest BCUT2D eigenvalue weighted by molar-refractivity contribution is 0.275. The molecule has 1 aromatic carbocycles. The van der Waals surface area contributed by atoms with E-state index < -0.39 is 28.5 Å². The molecule has 3 N–H and O–H groups in total. The Morgan fingerprint density at radius 1 is 1.48 bits per heavy atom. The Bertz CT molecular complexity index is 729. The van der Waals surface area contributed by atoms with Crippen LogP contribution in [0.15, 0.2) is 29.4 Å². The summed E-state index contributed by atoms with van der Waals surface area (Å²) in [6.07, 6.45) is 3.10. The second kappa shape index (κ2) is 5.92. The highest BCUT2D eigenvalue weighted by Gasteiger charge is 2.21. The SMILES string of the molecule is Cc1cc(S(=O)(=O)NC(C)c2cn[nH]c2)cc(CO)c1F. The second-order valence-corrected chi connectivity index (χ2v) is 6.46. The van der Waals surface area contributed by atoms with Gasteiger partial charge in [0, 0.05) is 23.4 Å². The van der Waals surface area contributed by atoms with Gasteiger partial charge in [-0.25, -0.2) is 17.5 Å². The number of sulfonamides is 1. The number of aromatic nitrogens is 2. The molecule has 0 radical (unpaired) electrons. The van der Waals surface area contributed by atoms with E-state index in [4.69, 9.17) is 5.11 Å². The van der Waals surface area contributed by atoms with Crippen LogP contribution in [0.3, 0.4) is 0 Å². The third-order valence-electron chi connectivity index (χ3n) is 3.14. The Morgan fingerprint density at radius 2 is 2.19 bits per heavy atom. The number of aryl methyl sites for hydroxylation is 1. The van der Waals surface area contributed by atoms with Crippen LogP contribution in [0, 0.1) is 12.7 Å². The predicted molar refractivity (Wildman–Crippen MR) is 74.4 cm³/mol. The van der Waals surface area contributed by atoms with Crippen LogP contribution in [0.5, 0.6) is 0 Å². The molecule has 0 saturated heterocycles. The van der Waals surface area contributed by atoms with Crippen LogP contribution < -0.4 is 4.72 Å². The molecule has 0 fully saturated rings. The fourth-order valence-corrected chi connectivity index (χ4v) is 3.31. The van der Waals surface area contributed by atoms with Crippen molar-refractivity contribution >= 4 is 10.0 Å². The molecular formula is C13H16FN3O3S. The van der Waals surface area contributed by atoms with Gasteiger partial charge in [-0.15, -0.1) is 0 Å². The van der Waals surface area contributed by atoms with E-state index in [2.05, 4.69) is 14.9 Å². The Kier molecular flexibility index (Phi) is 4.40. The van der Waals surface area contributed by atoms with Crippen molar-refractivity contribution in [2.45, 2.75) is 31.4 Å². The van der Waals surface area contributed by atoms with Gasteiger partial charge in [-0.05, 0) is 31.5 Å².